The van der Waals surface area contributed by atoms with Crippen molar-refractivity contribution in [2.24, 2.45) is 0 Å². The molecule has 4 nitrogen and oxygen atoms in total. The quantitative estimate of drug-likeness (QED) is 0.763. The Hall–Kier alpha value is -2.27. The Balaban J connectivity index is 2.34. The number of carbonyl (C=O) groups excluding carboxylic acids is 1. The van der Waals surface area contributed by atoms with Crippen LogP contribution in [0, 0.1) is 0 Å². The van der Waals surface area contributed by atoms with E-state index in [2.05, 4.69) is 5.32 Å². The number of hydrogen-bond acceptors (Lipinski definition) is 3. The smallest absolute Gasteiger partial charge is 0.303 e. The van der Waals surface area contributed by atoms with Gasteiger partial charge in [-0.3, -0.25) is 9.59 Å². The minimum Gasteiger partial charge on any atom is -0.481 e. The third kappa shape index (κ3) is 5.13. The fraction of sp³-hybridized carbons (Fsp3) is 0.263. The molecule has 0 aliphatic rings. The molecule has 0 saturated heterocycles. The average Bonchev–Trinajstić information content (AvgIpc) is 2.59. The van der Waals surface area contributed by atoms with E-state index >= 15 is 0 Å². The van der Waals surface area contributed by atoms with Gasteiger partial charge < -0.3 is 10.4 Å². The molecule has 0 aromatic heterocycles. The fourth-order valence-electron chi connectivity index (χ4n) is 2.51. The van der Waals surface area contributed by atoms with Gasteiger partial charge in [-0.1, -0.05) is 66.4 Å². The average molecular weight is 343 g/mol. The molecule has 2 N–H and O–H groups in total. The van der Waals surface area contributed by atoms with E-state index in [1.807, 2.05) is 61.5 Å². The maximum absolute atomic E-state index is 12.0. The number of carboxylic acids is 1. The number of thioether (sulfide) groups is 1. The Kier molecular flexibility index (Phi) is 6.88. The molecule has 0 spiro atoms. The van der Waals surface area contributed by atoms with Crippen LogP contribution in [0.2, 0.25) is 0 Å². The summed E-state index contributed by atoms with van der Waals surface area (Å²) in [6.45, 7) is 2.42. The molecule has 1 atom stereocenters. The van der Waals surface area contributed by atoms with E-state index in [9.17, 15) is 9.59 Å². The van der Waals surface area contributed by atoms with Crippen LogP contribution in [-0.4, -0.2) is 22.9 Å². The van der Waals surface area contributed by atoms with E-state index in [0.29, 0.717) is 13.0 Å². The Morgan fingerprint density at radius 2 is 1.75 bits per heavy atom. The zero-order valence-corrected chi connectivity index (χ0v) is 14.4. The van der Waals surface area contributed by atoms with Crippen LogP contribution in [0.4, 0.5) is 4.79 Å². The minimum atomic E-state index is -0.853. The predicted molar refractivity (Wildman–Crippen MR) is 98.2 cm³/mol. The molecule has 0 fully saturated rings. The number of hydrogen-bond donors (Lipinski definition) is 2. The molecular weight excluding hydrogens is 322 g/mol. The Morgan fingerprint density at radius 3 is 2.42 bits per heavy atom. The van der Waals surface area contributed by atoms with Crippen molar-refractivity contribution in [3.63, 3.8) is 0 Å². The molecule has 0 heterocycles. The highest BCUT2D eigenvalue weighted by atomic mass is 32.2. The van der Waals surface area contributed by atoms with Gasteiger partial charge in [0.2, 0.25) is 0 Å². The summed E-state index contributed by atoms with van der Waals surface area (Å²) in [6, 6.07) is 17.8. The largest absolute Gasteiger partial charge is 0.481 e. The number of nitrogens with one attached hydrogen (secondary N) is 1. The summed E-state index contributed by atoms with van der Waals surface area (Å²) in [5.74, 6) is -0.853. The van der Waals surface area contributed by atoms with E-state index < -0.39 is 5.97 Å². The number of carbonyl (C=O) groups is 2. The lowest BCUT2D eigenvalue weighted by atomic mass is 9.96. The van der Waals surface area contributed by atoms with Crippen molar-refractivity contribution in [3.8, 4) is 11.1 Å². The second-order valence-electron chi connectivity index (χ2n) is 5.31. The lowest BCUT2D eigenvalue weighted by Gasteiger charge is -2.19. The van der Waals surface area contributed by atoms with Crippen molar-refractivity contribution >= 4 is 23.0 Å². The molecule has 2 aromatic rings. The van der Waals surface area contributed by atoms with Crippen LogP contribution in [0.3, 0.4) is 0 Å². The summed E-state index contributed by atoms with van der Waals surface area (Å²) >= 11 is 1.16. The zero-order chi connectivity index (χ0) is 17.4. The minimum absolute atomic E-state index is 0.0280. The summed E-state index contributed by atoms with van der Waals surface area (Å²) in [4.78, 5) is 23.0. The lowest BCUT2D eigenvalue weighted by Crippen LogP contribution is -2.19. The van der Waals surface area contributed by atoms with Crippen molar-refractivity contribution in [1.29, 1.82) is 0 Å². The van der Waals surface area contributed by atoms with Gasteiger partial charge in [0.1, 0.15) is 0 Å². The van der Waals surface area contributed by atoms with Gasteiger partial charge >= 0.3 is 5.97 Å². The highest BCUT2D eigenvalue weighted by Gasteiger charge is 2.21. The first-order valence-corrected chi connectivity index (χ1v) is 8.80. The van der Waals surface area contributed by atoms with Crippen LogP contribution in [0.25, 0.3) is 11.1 Å². The summed E-state index contributed by atoms with van der Waals surface area (Å²) in [5.41, 5.74) is 3.08. The first-order valence-electron chi connectivity index (χ1n) is 7.92. The molecule has 0 aliphatic carbocycles. The highest BCUT2D eigenvalue weighted by molar-refractivity contribution is 8.13. The van der Waals surface area contributed by atoms with Gasteiger partial charge in [-0.15, -0.1) is 0 Å². The van der Waals surface area contributed by atoms with Crippen molar-refractivity contribution < 1.29 is 14.7 Å². The summed E-state index contributed by atoms with van der Waals surface area (Å²) in [7, 11) is 0. The van der Waals surface area contributed by atoms with E-state index in [1.54, 1.807) is 0 Å². The standard InChI is InChI=1S/C19H21NO3S/c1-2-20-19(23)24-17(12-13-18(21)22)16-11-7-6-10-15(16)14-8-4-3-5-9-14/h3-11,17H,2,12-13H2,1H3,(H,20,23)(H,21,22). The molecule has 126 valence electrons. The predicted octanol–water partition coefficient (Wildman–Crippen LogP) is 4.72. The third-order valence-electron chi connectivity index (χ3n) is 3.58. The summed E-state index contributed by atoms with van der Waals surface area (Å²) < 4.78 is 0. The van der Waals surface area contributed by atoms with Gasteiger partial charge in [-0.2, -0.15) is 0 Å². The van der Waals surface area contributed by atoms with Crippen molar-refractivity contribution in [2.45, 2.75) is 25.0 Å². The summed E-state index contributed by atoms with van der Waals surface area (Å²) in [6.07, 6.45) is 0.432. The molecule has 2 aromatic carbocycles. The number of benzene rings is 2. The molecule has 5 heteroatoms. The van der Waals surface area contributed by atoms with Crippen LogP contribution < -0.4 is 5.32 Å². The van der Waals surface area contributed by atoms with Gasteiger partial charge in [-0.25, -0.2) is 0 Å². The van der Waals surface area contributed by atoms with Crippen molar-refractivity contribution in [2.75, 3.05) is 6.54 Å². The molecule has 1 amide bonds. The lowest BCUT2D eigenvalue weighted by molar-refractivity contribution is -0.137. The van der Waals surface area contributed by atoms with Crippen LogP contribution in [-0.2, 0) is 4.79 Å². The van der Waals surface area contributed by atoms with E-state index in [0.717, 1.165) is 28.5 Å². The molecular formula is C19H21NO3S. The Morgan fingerprint density at radius 1 is 1.08 bits per heavy atom. The normalized spacial score (nSPS) is 11.7. The molecule has 0 bridgehead atoms. The number of amides is 1. The second kappa shape index (κ2) is 9.13. The molecule has 0 radical (unpaired) electrons. The molecule has 0 aliphatic heterocycles. The second-order valence-corrected chi connectivity index (χ2v) is 6.49. The number of carboxylic acid groups (broad SMARTS) is 1. The van der Waals surface area contributed by atoms with Gasteiger partial charge in [-0.05, 0) is 30.0 Å². The first kappa shape index (κ1) is 18.1. The highest BCUT2D eigenvalue weighted by Crippen LogP contribution is 2.39. The first-order chi connectivity index (χ1) is 11.6. The zero-order valence-electron chi connectivity index (χ0n) is 13.6. The molecule has 2 rings (SSSR count). The van der Waals surface area contributed by atoms with Gasteiger partial charge in [0, 0.05) is 18.2 Å². The molecule has 0 saturated carbocycles. The number of aliphatic carboxylic acids is 1. The van der Waals surface area contributed by atoms with Crippen molar-refractivity contribution in [3.05, 3.63) is 60.2 Å². The van der Waals surface area contributed by atoms with Gasteiger partial charge in [0.25, 0.3) is 5.24 Å². The molecule has 24 heavy (non-hydrogen) atoms. The van der Waals surface area contributed by atoms with Gasteiger partial charge in [0.15, 0.2) is 0 Å². The monoisotopic (exact) mass is 343 g/mol. The van der Waals surface area contributed by atoms with Crippen LogP contribution in [0.15, 0.2) is 54.6 Å². The van der Waals surface area contributed by atoms with E-state index in [-0.39, 0.29) is 16.9 Å². The topological polar surface area (TPSA) is 66.4 Å². The summed E-state index contributed by atoms with van der Waals surface area (Å²) in [5, 5.41) is 11.5. The number of rotatable bonds is 7. The van der Waals surface area contributed by atoms with E-state index in [4.69, 9.17) is 5.11 Å². The van der Waals surface area contributed by atoms with Crippen LogP contribution >= 0.6 is 11.8 Å². The maximum atomic E-state index is 12.0. The van der Waals surface area contributed by atoms with Crippen molar-refractivity contribution in [1.82, 2.24) is 5.32 Å². The molecule has 1 unspecified atom stereocenters. The Bertz CT molecular complexity index is 688. The Labute approximate surface area is 146 Å². The van der Waals surface area contributed by atoms with E-state index in [1.165, 1.54) is 0 Å². The third-order valence-corrected chi connectivity index (χ3v) is 4.72. The van der Waals surface area contributed by atoms with Crippen LogP contribution in [0.5, 0.6) is 0 Å². The SMILES string of the molecule is CCNC(=O)SC(CCC(=O)O)c1ccccc1-c1ccccc1. The maximum Gasteiger partial charge on any atom is 0.303 e. The van der Waals surface area contributed by atoms with Crippen LogP contribution in [0.1, 0.15) is 30.6 Å². The fourth-order valence-corrected chi connectivity index (χ4v) is 3.56. The van der Waals surface area contributed by atoms with Gasteiger partial charge in [0.05, 0.1) is 0 Å².